The molecule has 0 amide bonds. The standard InChI is InChI=1S/C29H33F3O/c1-3-4-20-6-9-21(10-7-20)25-15-16-26(29(32)28(25)31)22-11-13-24(14-12-22)33-18-23-8-5-19(2)17-27(23)30/h8,11-17,19-21H,3-7,9-10,18H2,1-2H3. The average Bonchev–Trinajstić information content (AvgIpc) is 2.82. The van der Waals surface area contributed by atoms with E-state index in [2.05, 4.69) is 6.92 Å². The molecule has 4 heteroatoms. The molecule has 0 saturated heterocycles. The number of ether oxygens (including phenoxy) is 1. The molecule has 0 aliphatic heterocycles. The third-order valence-electron chi connectivity index (χ3n) is 7.13. The highest BCUT2D eigenvalue weighted by atomic mass is 19.2. The lowest BCUT2D eigenvalue weighted by molar-refractivity contribution is 0.303. The summed E-state index contributed by atoms with van der Waals surface area (Å²) >= 11 is 0. The van der Waals surface area contributed by atoms with Crippen LogP contribution in [0.2, 0.25) is 0 Å². The van der Waals surface area contributed by atoms with E-state index in [1.54, 1.807) is 42.5 Å². The highest BCUT2D eigenvalue weighted by Crippen LogP contribution is 2.40. The van der Waals surface area contributed by atoms with Crippen molar-refractivity contribution in [3.63, 3.8) is 0 Å². The SMILES string of the molecule is CCCC1CCC(c2ccc(-c3ccc(OCC4=CCC(C)C=C4F)cc3)c(F)c2F)CC1. The Morgan fingerprint density at radius 3 is 2.30 bits per heavy atom. The largest absolute Gasteiger partial charge is 0.489 e. The topological polar surface area (TPSA) is 9.23 Å². The van der Waals surface area contributed by atoms with Gasteiger partial charge in [-0.1, -0.05) is 57.0 Å². The summed E-state index contributed by atoms with van der Waals surface area (Å²) in [5, 5.41) is 0. The molecule has 2 aliphatic rings. The number of hydrogen-bond acceptors (Lipinski definition) is 1. The molecule has 33 heavy (non-hydrogen) atoms. The van der Waals surface area contributed by atoms with E-state index in [1.807, 2.05) is 13.0 Å². The minimum atomic E-state index is -0.787. The van der Waals surface area contributed by atoms with Gasteiger partial charge in [-0.2, -0.15) is 0 Å². The van der Waals surface area contributed by atoms with E-state index in [-0.39, 0.29) is 29.8 Å². The van der Waals surface area contributed by atoms with E-state index in [9.17, 15) is 4.39 Å². The predicted octanol–water partition coefficient (Wildman–Crippen LogP) is 8.90. The van der Waals surface area contributed by atoms with Crippen molar-refractivity contribution in [1.29, 1.82) is 0 Å². The Morgan fingerprint density at radius 1 is 0.909 bits per heavy atom. The van der Waals surface area contributed by atoms with E-state index in [1.165, 1.54) is 12.8 Å². The second-order valence-electron chi connectivity index (χ2n) is 9.61. The van der Waals surface area contributed by atoms with Gasteiger partial charge in [0.2, 0.25) is 0 Å². The number of halogens is 3. The maximum Gasteiger partial charge on any atom is 0.166 e. The van der Waals surface area contributed by atoms with Crippen molar-refractivity contribution in [2.75, 3.05) is 6.61 Å². The number of rotatable bonds is 7. The van der Waals surface area contributed by atoms with Crippen LogP contribution in [0.25, 0.3) is 11.1 Å². The second-order valence-corrected chi connectivity index (χ2v) is 9.61. The second kappa shape index (κ2) is 10.6. The molecule has 2 aromatic rings. The van der Waals surface area contributed by atoms with Gasteiger partial charge in [0.05, 0.1) is 0 Å². The minimum absolute atomic E-state index is 0.101. The number of hydrogen-bond donors (Lipinski definition) is 0. The highest BCUT2D eigenvalue weighted by Gasteiger charge is 2.26. The average molecular weight is 455 g/mol. The molecular weight excluding hydrogens is 421 g/mol. The molecule has 1 nitrogen and oxygen atoms in total. The Kier molecular flexibility index (Phi) is 7.62. The van der Waals surface area contributed by atoms with Gasteiger partial charge in [0.1, 0.15) is 18.2 Å². The molecule has 0 spiro atoms. The van der Waals surface area contributed by atoms with Crippen LogP contribution >= 0.6 is 0 Å². The molecule has 0 radical (unpaired) electrons. The van der Waals surface area contributed by atoms with Gasteiger partial charge in [-0.3, -0.25) is 0 Å². The molecule has 2 aromatic carbocycles. The Bertz CT molecular complexity index is 1010. The third-order valence-corrected chi connectivity index (χ3v) is 7.13. The molecule has 0 aromatic heterocycles. The van der Waals surface area contributed by atoms with Crippen LogP contribution in [0.4, 0.5) is 13.2 Å². The first-order chi connectivity index (χ1) is 16.0. The summed E-state index contributed by atoms with van der Waals surface area (Å²) in [5.74, 6) is -0.147. The molecule has 0 heterocycles. The van der Waals surface area contributed by atoms with Crippen molar-refractivity contribution in [2.45, 2.75) is 64.7 Å². The molecule has 0 bridgehead atoms. The fraction of sp³-hybridized carbons (Fsp3) is 0.448. The maximum absolute atomic E-state index is 15.0. The fourth-order valence-corrected chi connectivity index (χ4v) is 5.14. The maximum atomic E-state index is 15.0. The van der Waals surface area contributed by atoms with Crippen molar-refractivity contribution >= 4 is 0 Å². The smallest absolute Gasteiger partial charge is 0.166 e. The quantitative estimate of drug-likeness (QED) is 0.406. The van der Waals surface area contributed by atoms with E-state index in [0.29, 0.717) is 22.4 Å². The molecule has 176 valence electrons. The van der Waals surface area contributed by atoms with Crippen LogP contribution in [0.3, 0.4) is 0 Å². The first-order valence-corrected chi connectivity index (χ1v) is 12.2. The zero-order valence-corrected chi connectivity index (χ0v) is 19.5. The lowest BCUT2D eigenvalue weighted by Gasteiger charge is -2.29. The van der Waals surface area contributed by atoms with E-state index < -0.39 is 11.6 Å². The summed E-state index contributed by atoms with van der Waals surface area (Å²) in [6.45, 7) is 4.32. The van der Waals surface area contributed by atoms with Crippen LogP contribution in [0.15, 0.2) is 60.0 Å². The number of allylic oxidation sites excluding steroid dienone is 2. The number of benzene rings is 2. The van der Waals surface area contributed by atoms with Crippen LogP contribution in [-0.2, 0) is 0 Å². The zero-order valence-electron chi connectivity index (χ0n) is 19.5. The van der Waals surface area contributed by atoms with Gasteiger partial charge in [-0.25, -0.2) is 13.2 Å². The van der Waals surface area contributed by atoms with Gasteiger partial charge in [0.25, 0.3) is 0 Å². The Morgan fingerprint density at radius 2 is 1.64 bits per heavy atom. The van der Waals surface area contributed by atoms with Gasteiger partial charge >= 0.3 is 0 Å². The van der Waals surface area contributed by atoms with E-state index in [0.717, 1.165) is 38.0 Å². The van der Waals surface area contributed by atoms with Gasteiger partial charge in [0, 0.05) is 11.1 Å². The van der Waals surface area contributed by atoms with Crippen LogP contribution in [0.5, 0.6) is 5.75 Å². The Balaban J connectivity index is 1.42. The molecule has 1 atom stereocenters. The molecule has 1 unspecified atom stereocenters. The van der Waals surface area contributed by atoms with Gasteiger partial charge in [0.15, 0.2) is 11.6 Å². The van der Waals surface area contributed by atoms with Crippen LogP contribution in [-0.4, -0.2) is 6.61 Å². The van der Waals surface area contributed by atoms with Gasteiger partial charge in [-0.05, 0) is 79.2 Å². The summed E-state index contributed by atoms with van der Waals surface area (Å²) in [4.78, 5) is 0. The molecule has 4 rings (SSSR count). The molecule has 1 saturated carbocycles. The lowest BCUT2D eigenvalue weighted by atomic mass is 9.77. The summed E-state index contributed by atoms with van der Waals surface area (Å²) < 4.78 is 49.7. The molecule has 2 aliphatic carbocycles. The van der Waals surface area contributed by atoms with Crippen molar-refractivity contribution < 1.29 is 17.9 Å². The highest BCUT2D eigenvalue weighted by molar-refractivity contribution is 5.65. The summed E-state index contributed by atoms with van der Waals surface area (Å²) in [6.07, 6.45) is 10.7. The Labute approximate surface area is 195 Å². The van der Waals surface area contributed by atoms with Crippen LogP contribution in [0, 0.1) is 23.5 Å². The summed E-state index contributed by atoms with van der Waals surface area (Å²) in [6, 6.07) is 10.3. The van der Waals surface area contributed by atoms with Gasteiger partial charge in [-0.15, -0.1) is 0 Å². The predicted molar refractivity (Wildman–Crippen MR) is 128 cm³/mol. The van der Waals surface area contributed by atoms with E-state index >= 15 is 8.78 Å². The Hall–Kier alpha value is -2.49. The molecule has 0 N–H and O–H groups in total. The first-order valence-electron chi connectivity index (χ1n) is 12.2. The lowest BCUT2D eigenvalue weighted by Crippen LogP contribution is -2.15. The normalized spacial score (nSPS) is 23.1. The van der Waals surface area contributed by atoms with Crippen molar-refractivity contribution in [3.8, 4) is 16.9 Å². The van der Waals surface area contributed by atoms with Crippen LogP contribution in [0.1, 0.15) is 70.3 Å². The third kappa shape index (κ3) is 5.54. The van der Waals surface area contributed by atoms with E-state index in [4.69, 9.17) is 4.74 Å². The van der Waals surface area contributed by atoms with Crippen LogP contribution < -0.4 is 4.74 Å². The van der Waals surface area contributed by atoms with Crippen molar-refractivity contribution in [2.24, 2.45) is 11.8 Å². The molecule has 1 fully saturated rings. The van der Waals surface area contributed by atoms with Crippen molar-refractivity contribution in [3.05, 3.63) is 77.1 Å². The van der Waals surface area contributed by atoms with Gasteiger partial charge < -0.3 is 4.74 Å². The zero-order chi connectivity index (χ0) is 23.4. The summed E-state index contributed by atoms with van der Waals surface area (Å²) in [5.41, 5.74) is 1.90. The minimum Gasteiger partial charge on any atom is -0.489 e. The monoisotopic (exact) mass is 454 g/mol. The first kappa shape index (κ1) is 23.7. The summed E-state index contributed by atoms with van der Waals surface area (Å²) in [7, 11) is 0. The molecular formula is C29H33F3O. The van der Waals surface area contributed by atoms with Crippen molar-refractivity contribution in [1.82, 2.24) is 0 Å². The fourth-order valence-electron chi connectivity index (χ4n) is 5.14.